The molecule has 0 unspecified atom stereocenters. The number of carbonyl (C=O) groups excluding carboxylic acids is 1. The molecule has 3 aromatic carbocycles. The van der Waals surface area contributed by atoms with E-state index in [-0.39, 0.29) is 12.4 Å². The first-order valence-electron chi connectivity index (χ1n) is 10.3. The normalized spacial score (nSPS) is 11.4. The quantitative estimate of drug-likeness (QED) is 0.341. The maximum Gasteiger partial charge on any atom is 0.249 e. The summed E-state index contributed by atoms with van der Waals surface area (Å²) in [4.78, 5) is 12.1. The van der Waals surface area contributed by atoms with E-state index in [2.05, 4.69) is 19.1 Å². The van der Waals surface area contributed by atoms with Gasteiger partial charge in [-0.2, -0.15) is 0 Å². The van der Waals surface area contributed by atoms with E-state index in [0.717, 1.165) is 41.1 Å². The van der Waals surface area contributed by atoms with Gasteiger partial charge < -0.3 is 10.3 Å². The molecule has 0 aliphatic rings. The number of aromatic nitrogens is 1. The van der Waals surface area contributed by atoms with Crippen molar-refractivity contribution in [1.29, 1.82) is 0 Å². The molecule has 0 fully saturated rings. The number of halogens is 2. The van der Waals surface area contributed by atoms with Gasteiger partial charge in [-0.25, -0.2) is 4.39 Å². The van der Waals surface area contributed by atoms with Crippen molar-refractivity contribution in [2.24, 2.45) is 5.73 Å². The monoisotopic (exact) mass is 422 g/mol. The van der Waals surface area contributed by atoms with E-state index in [1.807, 2.05) is 22.8 Å². The molecule has 0 aliphatic heterocycles. The van der Waals surface area contributed by atoms with Gasteiger partial charge in [0, 0.05) is 32.4 Å². The molecule has 1 aromatic heterocycles. The number of nitrogens with zero attached hydrogens (tertiary/aromatic N) is 1. The van der Waals surface area contributed by atoms with Crippen molar-refractivity contribution in [2.75, 3.05) is 0 Å². The number of hydrogen-bond donors (Lipinski definition) is 1. The van der Waals surface area contributed by atoms with Crippen LogP contribution in [-0.2, 0) is 13.0 Å². The molecule has 4 rings (SSSR count). The maximum absolute atomic E-state index is 14.6. The molecule has 0 spiro atoms. The summed E-state index contributed by atoms with van der Waals surface area (Å²) >= 11 is 6.32. The molecule has 154 valence electrons. The van der Waals surface area contributed by atoms with E-state index in [9.17, 15) is 9.18 Å². The molecule has 3 nitrogen and oxygen atoms in total. The summed E-state index contributed by atoms with van der Waals surface area (Å²) in [5.41, 5.74) is 9.57. The van der Waals surface area contributed by atoms with Gasteiger partial charge in [0.25, 0.3) is 0 Å². The highest BCUT2D eigenvalue weighted by Gasteiger charge is 2.18. The number of nitrogens with two attached hydrogens (primary N) is 1. The molecule has 0 saturated carbocycles. The van der Waals surface area contributed by atoms with Crippen molar-refractivity contribution in [3.05, 3.63) is 82.1 Å². The van der Waals surface area contributed by atoms with E-state index >= 15 is 0 Å². The lowest BCUT2D eigenvalue weighted by Crippen LogP contribution is -2.11. The van der Waals surface area contributed by atoms with Gasteiger partial charge in [-0.3, -0.25) is 4.79 Å². The van der Waals surface area contributed by atoms with Crippen molar-refractivity contribution >= 4 is 39.3 Å². The van der Waals surface area contributed by atoms with Crippen molar-refractivity contribution < 1.29 is 9.18 Å². The SMILES string of the molecule is CCCCCc1ccc2c3c(C(N)=O)cccc3n(Cc3c(F)cccc3Cl)c2c1. The van der Waals surface area contributed by atoms with Gasteiger partial charge in [-0.1, -0.05) is 55.6 Å². The summed E-state index contributed by atoms with van der Waals surface area (Å²) in [6, 6.07) is 16.5. The minimum atomic E-state index is -0.476. The first kappa shape index (κ1) is 20.4. The van der Waals surface area contributed by atoms with Crippen molar-refractivity contribution in [3.8, 4) is 0 Å². The number of unbranched alkanes of at least 4 members (excludes halogenated alkanes) is 2. The molecular formula is C25H24ClFN2O. The fraction of sp³-hybridized carbons (Fsp3) is 0.240. The average Bonchev–Trinajstić information content (AvgIpc) is 3.04. The molecule has 1 amide bonds. The van der Waals surface area contributed by atoms with Gasteiger partial charge in [0.15, 0.2) is 0 Å². The Labute approximate surface area is 180 Å². The van der Waals surface area contributed by atoms with Crippen LogP contribution < -0.4 is 5.73 Å². The highest BCUT2D eigenvalue weighted by atomic mass is 35.5. The van der Waals surface area contributed by atoms with Crippen molar-refractivity contribution in [1.82, 2.24) is 4.57 Å². The smallest absolute Gasteiger partial charge is 0.249 e. The number of aryl methyl sites for hydroxylation is 1. The molecule has 0 saturated heterocycles. The van der Waals surface area contributed by atoms with Crippen LogP contribution in [-0.4, -0.2) is 10.5 Å². The van der Waals surface area contributed by atoms with E-state index in [1.165, 1.54) is 18.1 Å². The predicted molar refractivity (Wildman–Crippen MR) is 122 cm³/mol. The lowest BCUT2D eigenvalue weighted by Gasteiger charge is -2.11. The number of primary amides is 1. The van der Waals surface area contributed by atoms with E-state index < -0.39 is 5.91 Å². The lowest BCUT2D eigenvalue weighted by atomic mass is 10.0. The molecular weight excluding hydrogens is 399 g/mol. The van der Waals surface area contributed by atoms with Gasteiger partial charge in [-0.15, -0.1) is 0 Å². The van der Waals surface area contributed by atoms with E-state index in [0.29, 0.717) is 16.1 Å². The second-order valence-electron chi connectivity index (χ2n) is 7.66. The Balaban J connectivity index is 1.96. The van der Waals surface area contributed by atoms with Crippen molar-refractivity contribution in [3.63, 3.8) is 0 Å². The highest BCUT2D eigenvalue weighted by molar-refractivity contribution is 6.31. The fourth-order valence-electron chi connectivity index (χ4n) is 4.14. The second-order valence-corrected chi connectivity index (χ2v) is 8.07. The molecule has 1 heterocycles. The second kappa shape index (κ2) is 8.49. The predicted octanol–water partition coefficient (Wildman–Crippen LogP) is 6.47. The summed E-state index contributed by atoms with van der Waals surface area (Å²) in [5.74, 6) is -0.821. The van der Waals surface area contributed by atoms with Crippen LogP contribution >= 0.6 is 11.6 Å². The largest absolute Gasteiger partial charge is 0.366 e. The topological polar surface area (TPSA) is 48.0 Å². The Kier molecular flexibility index (Phi) is 5.78. The zero-order chi connectivity index (χ0) is 21.3. The van der Waals surface area contributed by atoms with Gasteiger partial charge in [0.2, 0.25) is 5.91 Å². The summed E-state index contributed by atoms with van der Waals surface area (Å²) in [6.07, 6.45) is 4.44. The number of benzene rings is 3. The molecule has 0 bridgehead atoms. The molecule has 0 radical (unpaired) electrons. The third-order valence-electron chi connectivity index (χ3n) is 5.67. The zero-order valence-corrected chi connectivity index (χ0v) is 17.7. The van der Waals surface area contributed by atoms with Crippen LogP contribution in [0.2, 0.25) is 5.02 Å². The summed E-state index contributed by atoms with van der Waals surface area (Å²) < 4.78 is 16.6. The Morgan fingerprint density at radius 2 is 1.87 bits per heavy atom. The van der Waals surface area contributed by atoms with Crippen LogP contribution in [0.5, 0.6) is 0 Å². The van der Waals surface area contributed by atoms with Gasteiger partial charge in [0.1, 0.15) is 5.82 Å². The van der Waals surface area contributed by atoms with Crippen LogP contribution in [0.4, 0.5) is 4.39 Å². The molecule has 30 heavy (non-hydrogen) atoms. The van der Waals surface area contributed by atoms with Crippen molar-refractivity contribution in [2.45, 2.75) is 39.2 Å². The number of amides is 1. The van der Waals surface area contributed by atoms with Crippen LogP contribution in [0.25, 0.3) is 21.8 Å². The summed E-state index contributed by atoms with van der Waals surface area (Å²) in [5, 5.41) is 2.12. The van der Waals surface area contributed by atoms with Crippen LogP contribution in [0.1, 0.15) is 47.7 Å². The molecule has 4 aromatic rings. The number of hydrogen-bond acceptors (Lipinski definition) is 1. The van der Waals surface area contributed by atoms with Gasteiger partial charge >= 0.3 is 0 Å². The summed E-state index contributed by atoms with van der Waals surface area (Å²) in [7, 11) is 0. The van der Waals surface area contributed by atoms with Gasteiger partial charge in [0.05, 0.1) is 12.1 Å². The minimum Gasteiger partial charge on any atom is -0.366 e. The molecule has 0 atom stereocenters. The molecule has 2 N–H and O–H groups in total. The average molecular weight is 423 g/mol. The minimum absolute atomic E-state index is 0.270. The number of rotatable bonds is 7. The third kappa shape index (κ3) is 3.68. The van der Waals surface area contributed by atoms with Gasteiger partial charge in [-0.05, 0) is 48.7 Å². The van der Waals surface area contributed by atoms with E-state index in [1.54, 1.807) is 18.2 Å². The van der Waals surface area contributed by atoms with Crippen LogP contribution in [0.15, 0.2) is 54.6 Å². The number of fused-ring (bicyclic) bond motifs is 3. The Morgan fingerprint density at radius 3 is 2.60 bits per heavy atom. The van der Waals surface area contributed by atoms with Crippen LogP contribution in [0.3, 0.4) is 0 Å². The molecule has 5 heteroatoms. The maximum atomic E-state index is 14.6. The third-order valence-corrected chi connectivity index (χ3v) is 6.02. The lowest BCUT2D eigenvalue weighted by molar-refractivity contribution is 0.100. The Morgan fingerprint density at radius 1 is 1.07 bits per heavy atom. The fourth-order valence-corrected chi connectivity index (χ4v) is 4.36. The van der Waals surface area contributed by atoms with E-state index in [4.69, 9.17) is 17.3 Å². The zero-order valence-electron chi connectivity index (χ0n) is 16.9. The summed E-state index contributed by atoms with van der Waals surface area (Å²) in [6.45, 7) is 2.46. The first-order chi connectivity index (χ1) is 14.5. The van der Waals surface area contributed by atoms with Crippen LogP contribution in [0, 0.1) is 5.82 Å². The Hall–Kier alpha value is -2.85. The highest BCUT2D eigenvalue weighted by Crippen LogP contribution is 2.34. The number of carbonyl (C=O) groups is 1. The molecule has 0 aliphatic carbocycles. The first-order valence-corrected chi connectivity index (χ1v) is 10.7. The standard InChI is InChI=1S/C25H24ClFN2O/c1-2-3-4-7-16-12-13-17-23(14-16)29(15-19-20(26)9-6-10-21(19)27)22-11-5-8-18(24(17)22)25(28)30/h5-6,8-14H,2-4,7,15H2,1H3,(H2,28,30). The Bertz CT molecular complexity index is 1220.